The summed E-state index contributed by atoms with van der Waals surface area (Å²) in [6.45, 7) is 0.121. The Morgan fingerprint density at radius 2 is 2.11 bits per heavy atom. The smallest absolute Gasteiger partial charge is 0.407 e. The molecule has 0 saturated carbocycles. The van der Waals surface area contributed by atoms with Crippen LogP contribution >= 0.6 is 0 Å². The maximum absolute atomic E-state index is 11.8. The number of nitrogens with zero attached hydrogens (tertiary/aromatic N) is 1. The van der Waals surface area contributed by atoms with Gasteiger partial charge in [-0.1, -0.05) is 0 Å². The number of nitrogens with one attached hydrogen (secondary N) is 1. The van der Waals surface area contributed by atoms with E-state index >= 15 is 0 Å². The zero-order chi connectivity index (χ0) is 13.7. The molecule has 0 aromatic heterocycles. The lowest BCUT2D eigenvalue weighted by Gasteiger charge is -2.22. The molecular formula is C10H16N2O6. The van der Waals surface area contributed by atoms with Gasteiger partial charge in [-0.3, -0.25) is 9.69 Å². The molecule has 0 bridgehead atoms. The molecule has 2 amide bonds. The van der Waals surface area contributed by atoms with Gasteiger partial charge < -0.3 is 20.3 Å². The molecule has 0 aliphatic carbocycles. The fraction of sp³-hybridized carbons (Fsp3) is 0.700. The summed E-state index contributed by atoms with van der Waals surface area (Å²) < 4.78 is 4.68. The predicted molar refractivity (Wildman–Crippen MR) is 59.2 cm³/mol. The van der Waals surface area contributed by atoms with Crippen LogP contribution in [0, 0.1) is 0 Å². The van der Waals surface area contributed by atoms with Crippen molar-refractivity contribution >= 4 is 18.0 Å². The van der Waals surface area contributed by atoms with Crippen molar-refractivity contribution in [2.24, 2.45) is 0 Å². The number of aliphatic carboxylic acids is 1. The van der Waals surface area contributed by atoms with E-state index < -0.39 is 30.1 Å². The second-order valence-electron chi connectivity index (χ2n) is 3.99. The van der Waals surface area contributed by atoms with Crippen LogP contribution < -0.4 is 5.32 Å². The van der Waals surface area contributed by atoms with Gasteiger partial charge in [0.2, 0.25) is 5.91 Å². The van der Waals surface area contributed by atoms with Crippen molar-refractivity contribution in [1.82, 2.24) is 10.2 Å². The number of carboxylic acids is 1. The lowest BCUT2D eigenvalue weighted by atomic mass is 10.2. The topological polar surface area (TPSA) is 116 Å². The molecule has 1 rings (SSSR count). The number of likely N-dealkylation sites (tertiary alicyclic amines) is 1. The predicted octanol–water partition coefficient (Wildman–Crippen LogP) is -0.655. The molecule has 0 spiro atoms. The molecule has 1 fully saturated rings. The lowest BCUT2D eigenvalue weighted by molar-refractivity contribution is -0.143. The van der Waals surface area contributed by atoms with Crippen LogP contribution in [0.4, 0.5) is 4.79 Å². The molecule has 1 aliphatic rings. The standard InChI is InChI=1S/C10H16N2O6/c1-18-5-6(9(14)15)11-8(13)7-3-2-4-12(7)10(16)17/h6-7H,2-5H2,1H3,(H,11,13)(H,14,15)(H,16,17)/t6-,7?/m0/s1. The summed E-state index contributed by atoms with van der Waals surface area (Å²) in [7, 11) is 1.32. The van der Waals surface area contributed by atoms with Crippen LogP contribution in [0.15, 0.2) is 0 Å². The van der Waals surface area contributed by atoms with Gasteiger partial charge >= 0.3 is 12.1 Å². The summed E-state index contributed by atoms with van der Waals surface area (Å²) in [5.74, 6) is -1.82. The molecule has 1 aliphatic heterocycles. The quantitative estimate of drug-likeness (QED) is 0.604. The third-order valence-corrected chi connectivity index (χ3v) is 2.75. The van der Waals surface area contributed by atoms with Crippen molar-refractivity contribution in [1.29, 1.82) is 0 Å². The molecule has 1 unspecified atom stereocenters. The van der Waals surface area contributed by atoms with Gasteiger partial charge in [0.15, 0.2) is 6.04 Å². The Bertz CT molecular complexity index is 345. The SMILES string of the molecule is COC[C@H](NC(=O)C1CCCN1C(=O)O)C(=O)O. The highest BCUT2D eigenvalue weighted by Crippen LogP contribution is 2.17. The maximum atomic E-state index is 11.8. The van der Waals surface area contributed by atoms with Crippen LogP contribution in [0.25, 0.3) is 0 Å². The Kier molecular flexibility index (Phi) is 4.90. The lowest BCUT2D eigenvalue weighted by Crippen LogP contribution is -2.52. The Hall–Kier alpha value is -1.83. The molecule has 2 atom stereocenters. The fourth-order valence-electron chi connectivity index (χ4n) is 1.88. The van der Waals surface area contributed by atoms with Gasteiger partial charge in [-0.25, -0.2) is 9.59 Å². The van der Waals surface area contributed by atoms with Crippen molar-refractivity contribution in [3.05, 3.63) is 0 Å². The zero-order valence-electron chi connectivity index (χ0n) is 9.96. The van der Waals surface area contributed by atoms with Crippen LogP contribution in [-0.4, -0.2) is 65.4 Å². The first-order valence-corrected chi connectivity index (χ1v) is 5.49. The summed E-state index contributed by atoms with van der Waals surface area (Å²) in [5, 5.41) is 20.0. The molecule has 1 saturated heterocycles. The highest BCUT2D eigenvalue weighted by Gasteiger charge is 2.35. The van der Waals surface area contributed by atoms with Gasteiger partial charge in [-0.2, -0.15) is 0 Å². The van der Waals surface area contributed by atoms with Gasteiger partial charge in [0.05, 0.1) is 6.61 Å². The maximum Gasteiger partial charge on any atom is 0.407 e. The molecular weight excluding hydrogens is 244 g/mol. The van der Waals surface area contributed by atoms with E-state index in [1.807, 2.05) is 0 Å². The minimum atomic E-state index is -1.22. The number of methoxy groups -OCH3 is 1. The van der Waals surface area contributed by atoms with E-state index in [2.05, 4.69) is 10.1 Å². The molecule has 1 heterocycles. The second kappa shape index (κ2) is 6.20. The van der Waals surface area contributed by atoms with Gasteiger partial charge in [-0.15, -0.1) is 0 Å². The number of carboxylic acid groups (broad SMARTS) is 2. The van der Waals surface area contributed by atoms with Gasteiger partial charge in [-0.05, 0) is 12.8 Å². The van der Waals surface area contributed by atoms with E-state index in [-0.39, 0.29) is 13.2 Å². The van der Waals surface area contributed by atoms with Crippen LogP contribution in [0.3, 0.4) is 0 Å². The highest BCUT2D eigenvalue weighted by molar-refractivity contribution is 5.89. The van der Waals surface area contributed by atoms with Crippen LogP contribution in [0.5, 0.6) is 0 Å². The number of hydrogen-bond donors (Lipinski definition) is 3. The monoisotopic (exact) mass is 260 g/mol. The minimum absolute atomic E-state index is 0.166. The number of carbonyl (C=O) groups excluding carboxylic acids is 1. The Balaban J connectivity index is 2.63. The number of hydrogen-bond acceptors (Lipinski definition) is 4. The van der Waals surface area contributed by atoms with Crippen molar-refractivity contribution in [2.75, 3.05) is 20.3 Å². The van der Waals surface area contributed by atoms with Crippen molar-refractivity contribution in [3.8, 4) is 0 Å². The molecule has 0 radical (unpaired) electrons. The molecule has 18 heavy (non-hydrogen) atoms. The highest BCUT2D eigenvalue weighted by atomic mass is 16.5. The van der Waals surface area contributed by atoms with Gasteiger partial charge in [0.1, 0.15) is 6.04 Å². The number of ether oxygens (including phenoxy) is 1. The summed E-state index contributed by atoms with van der Waals surface area (Å²) in [5.41, 5.74) is 0. The van der Waals surface area contributed by atoms with Crippen LogP contribution in [-0.2, 0) is 14.3 Å². The van der Waals surface area contributed by atoms with E-state index in [1.165, 1.54) is 7.11 Å². The molecule has 0 aromatic rings. The largest absolute Gasteiger partial charge is 0.480 e. The van der Waals surface area contributed by atoms with Crippen molar-refractivity contribution in [3.63, 3.8) is 0 Å². The first kappa shape index (κ1) is 14.2. The van der Waals surface area contributed by atoms with E-state index in [1.54, 1.807) is 0 Å². The average Bonchev–Trinajstić information content (AvgIpc) is 2.77. The van der Waals surface area contributed by atoms with Crippen LogP contribution in [0.1, 0.15) is 12.8 Å². The summed E-state index contributed by atoms with van der Waals surface area (Å²) in [4.78, 5) is 34.5. The first-order chi connectivity index (χ1) is 8.47. The second-order valence-corrected chi connectivity index (χ2v) is 3.99. The molecule has 102 valence electrons. The molecule has 8 heteroatoms. The van der Waals surface area contributed by atoms with E-state index in [4.69, 9.17) is 10.2 Å². The van der Waals surface area contributed by atoms with E-state index in [0.29, 0.717) is 12.8 Å². The number of rotatable bonds is 5. The van der Waals surface area contributed by atoms with Crippen molar-refractivity contribution in [2.45, 2.75) is 24.9 Å². The third-order valence-electron chi connectivity index (χ3n) is 2.75. The zero-order valence-corrected chi connectivity index (χ0v) is 9.96. The van der Waals surface area contributed by atoms with Crippen LogP contribution in [0.2, 0.25) is 0 Å². The Morgan fingerprint density at radius 1 is 1.44 bits per heavy atom. The molecule has 3 N–H and O–H groups in total. The van der Waals surface area contributed by atoms with Gasteiger partial charge in [0, 0.05) is 13.7 Å². The van der Waals surface area contributed by atoms with E-state index in [9.17, 15) is 14.4 Å². The summed E-state index contributed by atoms with van der Waals surface area (Å²) >= 11 is 0. The third kappa shape index (κ3) is 3.33. The fourth-order valence-corrected chi connectivity index (χ4v) is 1.88. The molecule has 0 aromatic carbocycles. The first-order valence-electron chi connectivity index (χ1n) is 5.49. The van der Waals surface area contributed by atoms with Gasteiger partial charge in [0.25, 0.3) is 0 Å². The average molecular weight is 260 g/mol. The Morgan fingerprint density at radius 3 is 2.61 bits per heavy atom. The van der Waals surface area contributed by atoms with E-state index in [0.717, 1.165) is 4.90 Å². The Labute approximate surface area is 104 Å². The summed E-state index contributed by atoms with van der Waals surface area (Å²) in [6.07, 6.45) is -0.185. The normalized spacial score (nSPS) is 20.5. The van der Waals surface area contributed by atoms with Crippen molar-refractivity contribution < 1.29 is 29.3 Å². The number of carbonyl (C=O) groups is 3. The molecule has 8 nitrogen and oxygen atoms in total. The minimum Gasteiger partial charge on any atom is -0.480 e. The number of amides is 2. The summed E-state index contributed by atoms with van der Waals surface area (Å²) in [6, 6.07) is -1.99.